The van der Waals surface area contributed by atoms with Crippen LogP contribution in [0, 0.1) is 52.8 Å². The van der Waals surface area contributed by atoms with Gasteiger partial charge in [-0.1, -0.05) is 13.8 Å². The SMILES string of the molecule is COC(=O)C1(C(F)(F)F)CC2CC1C1C3CC(C(C)C3C)C21. The molecule has 124 valence electrons. The number of rotatable bonds is 1. The fourth-order valence-electron chi connectivity index (χ4n) is 7.15. The van der Waals surface area contributed by atoms with Crippen LogP contribution in [0.1, 0.15) is 33.1 Å². The molecule has 22 heavy (non-hydrogen) atoms. The molecule has 2 nitrogen and oxygen atoms in total. The zero-order chi connectivity index (χ0) is 16.0. The predicted molar refractivity (Wildman–Crippen MR) is 73.6 cm³/mol. The maximum atomic E-state index is 13.9. The van der Waals surface area contributed by atoms with Crippen LogP contribution in [0.25, 0.3) is 0 Å². The Balaban J connectivity index is 1.76. The van der Waals surface area contributed by atoms with Gasteiger partial charge in [-0.15, -0.1) is 0 Å². The fourth-order valence-corrected chi connectivity index (χ4v) is 7.15. The molecule has 4 rings (SSSR count). The number of alkyl halides is 3. The van der Waals surface area contributed by atoms with Gasteiger partial charge in [-0.2, -0.15) is 13.2 Å². The number of halogens is 3. The van der Waals surface area contributed by atoms with Crippen LogP contribution in [-0.4, -0.2) is 19.3 Å². The third kappa shape index (κ3) is 1.42. The molecule has 0 heterocycles. The Morgan fingerprint density at radius 2 is 1.68 bits per heavy atom. The number of ether oxygens (including phenoxy) is 1. The van der Waals surface area contributed by atoms with Gasteiger partial charge < -0.3 is 4.74 Å². The van der Waals surface area contributed by atoms with Crippen molar-refractivity contribution in [3.63, 3.8) is 0 Å². The molecule has 4 aliphatic rings. The first kappa shape index (κ1) is 14.8. The molecular formula is C17H23F3O2. The second-order valence-corrected chi connectivity index (χ2v) is 8.20. The van der Waals surface area contributed by atoms with E-state index in [0.29, 0.717) is 36.0 Å². The quantitative estimate of drug-likeness (QED) is 0.542. The van der Waals surface area contributed by atoms with Crippen LogP contribution >= 0.6 is 0 Å². The highest BCUT2D eigenvalue weighted by Gasteiger charge is 2.78. The summed E-state index contributed by atoms with van der Waals surface area (Å²) < 4.78 is 46.3. The summed E-state index contributed by atoms with van der Waals surface area (Å²) in [7, 11) is 1.09. The summed E-state index contributed by atoms with van der Waals surface area (Å²) in [6, 6.07) is 0. The first-order valence-electron chi connectivity index (χ1n) is 8.39. The standard InChI is InChI=1S/C17H23F3O2/c1-7-8(2)11-5-10(7)13-9-4-12(14(11)13)16(6-9,15(21)22-3)17(18,19)20/h7-14H,4-6H2,1-3H3. The average molecular weight is 316 g/mol. The van der Waals surface area contributed by atoms with Crippen molar-refractivity contribution in [2.45, 2.75) is 39.3 Å². The van der Waals surface area contributed by atoms with Crippen molar-refractivity contribution in [1.29, 1.82) is 0 Å². The van der Waals surface area contributed by atoms with Crippen molar-refractivity contribution >= 4 is 5.97 Å². The minimum absolute atomic E-state index is 0.0423. The number of methoxy groups -OCH3 is 1. The molecule has 4 aliphatic carbocycles. The van der Waals surface area contributed by atoms with Gasteiger partial charge in [0.25, 0.3) is 0 Å². The summed E-state index contributed by atoms with van der Waals surface area (Å²) in [5.74, 6) is 0.987. The maximum absolute atomic E-state index is 13.9. The summed E-state index contributed by atoms with van der Waals surface area (Å²) >= 11 is 0. The van der Waals surface area contributed by atoms with Gasteiger partial charge in [0.1, 0.15) is 0 Å². The number of hydrogen-bond acceptors (Lipinski definition) is 2. The molecule has 4 bridgehead atoms. The summed E-state index contributed by atoms with van der Waals surface area (Å²) in [6.07, 6.45) is -2.91. The van der Waals surface area contributed by atoms with Crippen LogP contribution in [0.4, 0.5) is 13.2 Å². The lowest BCUT2D eigenvalue weighted by Gasteiger charge is -2.48. The van der Waals surface area contributed by atoms with Crippen molar-refractivity contribution in [2.24, 2.45) is 52.8 Å². The van der Waals surface area contributed by atoms with E-state index in [1.165, 1.54) is 0 Å². The van der Waals surface area contributed by atoms with E-state index in [2.05, 4.69) is 18.6 Å². The molecule has 0 N–H and O–H groups in total. The second kappa shape index (κ2) is 4.21. The Bertz CT molecular complexity index is 517. The van der Waals surface area contributed by atoms with Gasteiger partial charge in [0, 0.05) is 0 Å². The second-order valence-electron chi connectivity index (χ2n) is 8.20. The van der Waals surface area contributed by atoms with Gasteiger partial charge in [-0.3, -0.25) is 4.79 Å². The van der Waals surface area contributed by atoms with Crippen LogP contribution in [0.15, 0.2) is 0 Å². The molecule has 4 saturated carbocycles. The summed E-state index contributed by atoms with van der Waals surface area (Å²) in [5, 5.41) is 0. The van der Waals surface area contributed by atoms with Crippen LogP contribution < -0.4 is 0 Å². The number of carbonyl (C=O) groups excluding carboxylic acids is 1. The molecule has 9 unspecified atom stereocenters. The molecule has 0 amide bonds. The topological polar surface area (TPSA) is 26.3 Å². The van der Waals surface area contributed by atoms with E-state index < -0.39 is 23.5 Å². The number of fused-ring (bicyclic) bond motifs is 9. The first-order valence-corrected chi connectivity index (χ1v) is 8.39. The molecule has 0 aromatic rings. The lowest BCUT2D eigenvalue weighted by atomic mass is 9.57. The third-order valence-electron chi connectivity index (χ3n) is 8.00. The van der Waals surface area contributed by atoms with E-state index in [-0.39, 0.29) is 18.3 Å². The Kier molecular flexibility index (Phi) is 2.84. The molecule has 4 fully saturated rings. The molecular weight excluding hydrogens is 293 g/mol. The fraction of sp³-hybridized carbons (Fsp3) is 0.941. The van der Waals surface area contributed by atoms with E-state index >= 15 is 0 Å². The minimum atomic E-state index is -4.50. The van der Waals surface area contributed by atoms with E-state index in [0.717, 1.165) is 13.5 Å². The summed E-state index contributed by atoms with van der Waals surface area (Å²) in [6.45, 7) is 4.44. The van der Waals surface area contributed by atoms with E-state index in [1.54, 1.807) is 0 Å². The van der Waals surface area contributed by atoms with Gasteiger partial charge in [0.15, 0.2) is 5.41 Å². The zero-order valence-electron chi connectivity index (χ0n) is 13.2. The Morgan fingerprint density at radius 3 is 2.23 bits per heavy atom. The molecule has 0 radical (unpaired) electrons. The number of esters is 1. The smallest absolute Gasteiger partial charge is 0.405 e. The largest absolute Gasteiger partial charge is 0.468 e. The van der Waals surface area contributed by atoms with Crippen LogP contribution in [0.5, 0.6) is 0 Å². The molecule has 9 atom stereocenters. The lowest BCUT2D eigenvalue weighted by molar-refractivity contribution is -0.256. The molecule has 0 aromatic heterocycles. The van der Waals surface area contributed by atoms with Gasteiger partial charge in [0.2, 0.25) is 0 Å². The maximum Gasteiger partial charge on any atom is 0.405 e. The summed E-state index contributed by atoms with van der Waals surface area (Å²) in [5.41, 5.74) is -2.24. The van der Waals surface area contributed by atoms with Gasteiger partial charge >= 0.3 is 12.1 Å². The van der Waals surface area contributed by atoms with Crippen molar-refractivity contribution in [2.75, 3.05) is 7.11 Å². The van der Waals surface area contributed by atoms with Crippen LogP contribution in [0.2, 0.25) is 0 Å². The first-order chi connectivity index (χ1) is 10.2. The highest BCUT2D eigenvalue weighted by molar-refractivity contribution is 5.79. The number of carbonyl (C=O) groups is 1. The minimum Gasteiger partial charge on any atom is -0.468 e. The van der Waals surface area contributed by atoms with E-state index in [1.807, 2.05) is 0 Å². The molecule has 0 aliphatic heterocycles. The Morgan fingerprint density at radius 1 is 1.09 bits per heavy atom. The van der Waals surface area contributed by atoms with E-state index in [4.69, 9.17) is 0 Å². The van der Waals surface area contributed by atoms with Crippen molar-refractivity contribution in [1.82, 2.24) is 0 Å². The normalized spacial score (nSPS) is 55.5. The molecule has 0 saturated heterocycles. The summed E-state index contributed by atoms with van der Waals surface area (Å²) in [4.78, 5) is 12.2. The third-order valence-corrected chi connectivity index (χ3v) is 8.00. The number of hydrogen-bond donors (Lipinski definition) is 0. The molecule has 0 spiro atoms. The van der Waals surface area contributed by atoms with Gasteiger partial charge in [-0.25, -0.2) is 0 Å². The highest BCUT2D eigenvalue weighted by Crippen LogP contribution is 2.76. The van der Waals surface area contributed by atoms with Crippen molar-refractivity contribution < 1.29 is 22.7 Å². The monoisotopic (exact) mass is 316 g/mol. The zero-order valence-corrected chi connectivity index (χ0v) is 13.2. The van der Waals surface area contributed by atoms with Crippen LogP contribution in [-0.2, 0) is 9.53 Å². The molecule has 5 heteroatoms. The lowest BCUT2D eigenvalue weighted by Crippen LogP contribution is -2.55. The van der Waals surface area contributed by atoms with E-state index in [9.17, 15) is 18.0 Å². The average Bonchev–Trinajstić information content (AvgIpc) is 3.15. The molecule has 0 aromatic carbocycles. The van der Waals surface area contributed by atoms with Crippen LogP contribution in [0.3, 0.4) is 0 Å². The van der Waals surface area contributed by atoms with Gasteiger partial charge in [-0.05, 0) is 66.6 Å². The predicted octanol–water partition coefficient (Wildman–Crippen LogP) is 3.90. The van der Waals surface area contributed by atoms with Crippen molar-refractivity contribution in [3.05, 3.63) is 0 Å². The Hall–Kier alpha value is -0.740. The Labute approximate surface area is 128 Å². The van der Waals surface area contributed by atoms with Crippen molar-refractivity contribution in [3.8, 4) is 0 Å². The van der Waals surface area contributed by atoms with Gasteiger partial charge in [0.05, 0.1) is 7.11 Å². The highest BCUT2D eigenvalue weighted by atomic mass is 19.4.